The smallest absolute Gasteiger partial charge is 0.267 e. The number of rotatable bonds is 4. The van der Waals surface area contributed by atoms with E-state index in [1.807, 2.05) is 91.9 Å². The molecule has 6 heteroatoms. The number of nitrogens with two attached hydrogens (primary N) is 1. The second-order valence-electron chi connectivity index (χ2n) is 7.78. The first-order valence-electron chi connectivity index (χ1n) is 10.4. The van der Waals surface area contributed by atoms with E-state index in [1.165, 1.54) is 11.3 Å². The Kier molecular flexibility index (Phi) is 5.58. The molecule has 2 aromatic heterocycles. The van der Waals surface area contributed by atoms with Crippen molar-refractivity contribution in [2.45, 2.75) is 6.92 Å². The summed E-state index contributed by atoms with van der Waals surface area (Å²) in [4.78, 5) is 19.2. The third-order valence-corrected chi connectivity index (χ3v) is 6.76. The number of nitrogen functional groups attached to an aromatic ring is 1. The molecule has 4 nitrogen and oxygen atoms in total. The third kappa shape index (κ3) is 4.21. The second-order valence-corrected chi connectivity index (χ2v) is 9.21. The average molecular weight is 470 g/mol. The first kappa shape index (κ1) is 21.2. The van der Waals surface area contributed by atoms with Crippen molar-refractivity contribution in [2.24, 2.45) is 0 Å². The van der Waals surface area contributed by atoms with Crippen LogP contribution in [0.1, 0.15) is 15.2 Å². The van der Waals surface area contributed by atoms with Gasteiger partial charge in [-0.3, -0.25) is 4.79 Å². The van der Waals surface area contributed by atoms with Gasteiger partial charge in [0.2, 0.25) is 0 Å². The van der Waals surface area contributed by atoms with E-state index in [-0.39, 0.29) is 5.91 Å². The van der Waals surface area contributed by atoms with Gasteiger partial charge in [0, 0.05) is 21.7 Å². The number of carbonyl (C=O) groups excluding carboxylic acids is 1. The molecular weight excluding hydrogens is 450 g/mol. The highest BCUT2D eigenvalue weighted by Gasteiger charge is 2.22. The molecule has 0 radical (unpaired) electrons. The van der Waals surface area contributed by atoms with Crippen molar-refractivity contribution in [3.63, 3.8) is 0 Å². The number of pyridine rings is 1. The molecule has 0 unspecified atom stereocenters. The summed E-state index contributed by atoms with van der Waals surface area (Å²) >= 11 is 7.42. The predicted octanol–water partition coefficient (Wildman–Crippen LogP) is 7.43. The fraction of sp³-hybridized carbons (Fsp3) is 0.0370. The van der Waals surface area contributed by atoms with Gasteiger partial charge in [-0.15, -0.1) is 11.3 Å². The van der Waals surface area contributed by atoms with Gasteiger partial charge in [0.25, 0.3) is 5.91 Å². The van der Waals surface area contributed by atoms with Gasteiger partial charge in [-0.25, -0.2) is 4.98 Å². The van der Waals surface area contributed by atoms with Gasteiger partial charge in [-0.2, -0.15) is 0 Å². The van der Waals surface area contributed by atoms with Crippen LogP contribution in [0.4, 0.5) is 11.4 Å². The maximum atomic E-state index is 13.1. The fourth-order valence-corrected chi connectivity index (χ4v) is 4.96. The summed E-state index contributed by atoms with van der Waals surface area (Å²) in [6.45, 7) is 1.98. The van der Waals surface area contributed by atoms with Crippen LogP contribution in [0.3, 0.4) is 0 Å². The van der Waals surface area contributed by atoms with Crippen molar-refractivity contribution in [3.05, 3.63) is 100 Å². The molecule has 0 atom stereocenters. The highest BCUT2D eigenvalue weighted by molar-refractivity contribution is 7.21. The van der Waals surface area contributed by atoms with Crippen LogP contribution in [0, 0.1) is 6.92 Å². The van der Waals surface area contributed by atoms with Crippen molar-refractivity contribution in [2.75, 3.05) is 11.1 Å². The van der Waals surface area contributed by atoms with Crippen molar-refractivity contribution >= 4 is 50.4 Å². The Labute approximate surface area is 200 Å². The first-order valence-corrected chi connectivity index (χ1v) is 11.6. The number of aromatic nitrogens is 1. The predicted molar refractivity (Wildman–Crippen MR) is 139 cm³/mol. The number of amides is 1. The molecular formula is C27H20ClN3OS. The summed E-state index contributed by atoms with van der Waals surface area (Å²) in [5.41, 5.74) is 12.5. The van der Waals surface area contributed by atoms with Crippen LogP contribution in [0.25, 0.3) is 32.6 Å². The van der Waals surface area contributed by atoms with Crippen LogP contribution in [0.15, 0.2) is 84.9 Å². The molecule has 0 aliphatic rings. The van der Waals surface area contributed by atoms with E-state index in [1.54, 1.807) is 0 Å². The maximum Gasteiger partial charge on any atom is 0.267 e. The van der Waals surface area contributed by atoms with E-state index >= 15 is 0 Å². The lowest BCUT2D eigenvalue weighted by atomic mass is 9.99. The highest BCUT2D eigenvalue weighted by atomic mass is 35.5. The SMILES string of the molecule is Cc1cccc(NC(=O)c2sc3nc(-c4ccccc4)cc(-c4ccc(Cl)cc4)c3c2N)c1. The summed E-state index contributed by atoms with van der Waals surface area (Å²) in [5.74, 6) is -0.246. The Balaban J connectivity index is 1.67. The number of hydrogen-bond donors (Lipinski definition) is 2. The minimum absolute atomic E-state index is 0.246. The molecule has 0 saturated carbocycles. The monoisotopic (exact) mass is 469 g/mol. The zero-order chi connectivity index (χ0) is 22.9. The molecule has 0 spiro atoms. The number of thiophene rings is 1. The van der Waals surface area contributed by atoms with Gasteiger partial charge < -0.3 is 11.1 Å². The Morgan fingerprint density at radius 3 is 2.42 bits per heavy atom. The number of nitrogens with zero attached hydrogens (tertiary/aromatic N) is 1. The molecule has 3 aromatic carbocycles. The van der Waals surface area contributed by atoms with Crippen LogP contribution in [-0.4, -0.2) is 10.9 Å². The van der Waals surface area contributed by atoms with Gasteiger partial charge in [0.05, 0.1) is 11.4 Å². The lowest BCUT2D eigenvalue weighted by Crippen LogP contribution is -2.12. The van der Waals surface area contributed by atoms with E-state index in [2.05, 4.69) is 5.32 Å². The number of carbonyl (C=O) groups is 1. The maximum absolute atomic E-state index is 13.1. The quantitative estimate of drug-likeness (QED) is 0.287. The second kappa shape index (κ2) is 8.70. The number of fused-ring (bicyclic) bond motifs is 1. The van der Waals surface area contributed by atoms with Crippen LogP contribution < -0.4 is 11.1 Å². The van der Waals surface area contributed by atoms with Crippen molar-refractivity contribution in [3.8, 4) is 22.4 Å². The van der Waals surface area contributed by atoms with E-state index in [0.29, 0.717) is 20.4 Å². The topological polar surface area (TPSA) is 68.0 Å². The zero-order valence-corrected chi connectivity index (χ0v) is 19.4. The molecule has 0 aliphatic heterocycles. The third-order valence-electron chi connectivity index (χ3n) is 5.41. The molecule has 2 heterocycles. The van der Waals surface area contributed by atoms with Gasteiger partial charge in [0.15, 0.2) is 0 Å². The van der Waals surface area contributed by atoms with Crippen LogP contribution >= 0.6 is 22.9 Å². The number of nitrogens with one attached hydrogen (secondary N) is 1. The number of anilines is 2. The van der Waals surface area contributed by atoms with E-state index in [9.17, 15) is 4.79 Å². The lowest BCUT2D eigenvalue weighted by Gasteiger charge is -2.09. The molecule has 3 N–H and O–H groups in total. The molecule has 33 heavy (non-hydrogen) atoms. The fourth-order valence-electron chi connectivity index (χ4n) is 3.81. The molecule has 0 aliphatic carbocycles. The normalized spacial score (nSPS) is 11.0. The highest BCUT2D eigenvalue weighted by Crippen LogP contribution is 2.41. The van der Waals surface area contributed by atoms with Crippen LogP contribution in [-0.2, 0) is 0 Å². The zero-order valence-electron chi connectivity index (χ0n) is 17.8. The summed E-state index contributed by atoms with van der Waals surface area (Å²) in [7, 11) is 0. The number of benzene rings is 3. The summed E-state index contributed by atoms with van der Waals surface area (Å²) < 4.78 is 0. The summed E-state index contributed by atoms with van der Waals surface area (Å²) in [5, 5.41) is 4.39. The van der Waals surface area contributed by atoms with Gasteiger partial charge in [-0.05, 0) is 53.9 Å². The first-order chi connectivity index (χ1) is 16.0. The molecule has 0 bridgehead atoms. The number of aryl methyl sites for hydroxylation is 1. The van der Waals surface area contributed by atoms with E-state index in [4.69, 9.17) is 22.3 Å². The summed E-state index contributed by atoms with van der Waals surface area (Å²) in [6.07, 6.45) is 0. The molecule has 162 valence electrons. The average Bonchev–Trinajstić information content (AvgIpc) is 3.16. The minimum Gasteiger partial charge on any atom is -0.397 e. The lowest BCUT2D eigenvalue weighted by molar-refractivity contribution is 0.103. The standard InChI is InChI=1S/C27H20ClN3OS/c1-16-6-5-9-20(14-16)30-26(32)25-24(29)23-21(17-10-12-19(28)13-11-17)15-22(31-27(23)33-25)18-7-3-2-4-8-18/h2-15H,29H2,1H3,(H,30,32). The molecule has 5 rings (SSSR count). The Hall–Kier alpha value is -3.67. The minimum atomic E-state index is -0.246. The largest absolute Gasteiger partial charge is 0.397 e. The molecule has 0 fully saturated rings. The molecule has 5 aromatic rings. The summed E-state index contributed by atoms with van der Waals surface area (Å²) in [6, 6.07) is 27.3. The Morgan fingerprint density at radius 1 is 0.939 bits per heavy atom. The number of halogens is 1. The Bertz CT molecular complexity index is 1480. The van der Waals surface area contributed by atoms with Crippen molar-refractivity contribution in [1.29, 1.82) is 0 Å². The van der Waals surface area contributed by atoms with Crippen molar-refractivity contribution in [1.82, 2.24) is 4.98 Å². The van der Waals surface area contributed by atoms with E-state index < -0.39 is 0 Å². The van der Waals surface area contributed by atoms with Gasteiger partial charge in [0.1, 0.15) is 9.71 Å². The molecule has 1 amide bonds. The van der Waals surface area contributed by atoms with E-state index in [0.717, 1.165) is 39.0 Å². The van der Waals surface area contributed by atoms with Crippen molar-refractivity contribution < 1.29 is 4.79 Å². The van der Waals surface area contributed by atoms with Crippen LogP contribution in [0.2, 0.25) is 5.02 Å². The van der Waals surface area contributed by atoms with Gasteiger partial charge >= 0.3 is 0 Å². The number of hydrogen-bond acceptors (Lipinski definition) is 4. The van der Waals surface area contributed by atoms with Gasteiger partial charge in [-0.1, -0.05) is 66.2 Å². The van der Waals surface area contributed by atoms with Crippen LogP contribution in [0.5, 0.6) is 0 Å². The molecule has 0 saturated heterocycles. The Morgan fingerprint density at radius 2 is 1.70 bits per heavy atom.